The van der Waals surface area contributed by atoms with E-state index >= 15 is 0 Å². The van der Waals surface area contributed by atoms with Gasteiger partial charge in [0, 0.05) is 29.0 Å². The first-order valence-electron chi connectivity index (χ1n) is 11.4. The molecule has 0 radical (unpaired) electrons. The summed E-state index contributed by atoms with van der Waals surface area (Å²) in [7, 11) is 0. The Hall–Kier alpha value is -4.81. The third kappa shape index (κ3) is 7.10. The van der Waals surface area contributed by atoms with Crippen molar-refractivity contribution in [3.63, 3.8) is 0 Å². The van der Waals surface area contributed by atoms with Crippen LogP contribution in [0.2, 0.25) is 0 Å². The van der Waals surface area contributed by atoms with Gasteiger partial charge in [-0.3, -0.25) is 9.59 Å². The largest absolute Gasteiger partial charge is 0.506 e. The number of hydrogen-bond acceptors (Lipinski definition) is 7. The molecule has 0 aliphatic rings. The lowest BCUT2D eigenvalue weighted by atomic mass is 10.1. The van der Waals surface area contributed by atoms with Gasteiger partial charge in [0.15, 0.2) is 5.13 Å². The number of carbonyl (C=O) groups is 2. The molecule has 0 spiro atoms. The first-order valence-corrected chi connectivity index (χ1v) is 12.3. The number of amides is 2. The van der Waals surface area contributed by atoms with Gasteiger partial charge in [0.25, 0.3) is 0 Å². The van der Waals surface area contributed by atoms with Crippen LogP contribution >= 0.6 is 11.3 Å². The molecule has 9 heteroatoms. The van der Waals surface area contributed by atoms with Crippen LogP contribution in [0.5, 0.6) is 5.75 Å². The van der Waals surface area contributed by atoms with Gasteiger partial charge in [-0.15, -0.1) is 0 Å². The molecular formula is C28H25N5O3S. The number of nitrogen functional groups attached to an aromatic ring is 1. The number of phenols is 1. The third-order valence-corrected chi connectivity index (χ3v) is 6.13. The number of anilines is 4. The number of nitrogens with two attached hydrogens (primary N) is 1. The number of phenolic OH excluding ortho intramolecular Hbond substituents is 1. The predicted octanol–water partition coefficient (Wildman–Crippen LogP) is 4.74. The molecule has 0 fully saturated rings. The topological polar surface area (TPSA) is 129 Å². The van der Waals surface area contributed by atoms with Crippen molar-refractivity contribution in [2.45, 2.75) is 12.8 Å². The zero-order valence-corrected chi connectivity index (χ0v) is 20.7. The maximum Gasteiger partial charge on any atom is 0.247 e. The van der Waals surface area contributed by atoms with E-state index in [1.807, 2.05) is 42.5 Å². The van der Waals surface area contributed by atoms with Crippen molar-refractivity contribution in [3.05, 3.63) is 84.4 Å². The summed E-state index contributed by atoms with van der Waals surface area (Å²) in [4.78, 5) is 27.9. The fraction of sp³-hybridized carbons (Fsp3) is 0.107. The highest BCUT2D eigenvalue weighted by Gasteiger charge is 2.07. The molecule has 1 heterocycles. The molecule has 0 aliphatic heterocycles. The van der Waals surface area contributed by atoms with Crippen LogP contribution in [0.1, 0.15) is 17.5 Å². The third-order valence-electron chi connectivity index (χ3n) is 5.30. The van der Waals surface area contributed by atoms with Crippen molar-refractivity contribution >= 4 is 55.6 Å². The Labute approximate surface area is 218 Å². The van der Waals surface area contributed by atoms with E-state index in [2.05, 4.69) is 39.4 Å². The van der Waals surface area contributed by atoms with Crippen molar-refractivity contribution in [3.8, 4) is 17.6 Å². The molecule has 4 aromatic rings. The number of carbonyl (C=O) groups excluding carboxylic acids is 2. The summed E-state index contributed by atoms with van der Waals surface area (Å²) in [5.41, 5.74) is 10.0. The van der Waals surface area contributed by atoms with Gasteiger partial charge in [0.1, 0.15) is 11.3 Å². The first kappa shape index (κ1) is 25.3. The van der Waals surface area contributed by atoms with Crippen molar-refractivity contribution in [2.24, 2.45) is 0 Å². The molecule has 0 bridgehead atoms. The number of fused-ring (bicyclic) bond motifs is 1. The average Bonchev–Trinajstić information content (AvgIpc) is 3.27. The van der Waals surface area contributed by atoms with E-state index in [0.29, 0.717) is 47.0 Å². The number of aryl methyl sites for hydroxylation is 1. The first-order chi connectivity index (χ1) is 17.9. The quantitative estimate of drug-likeness (QED) is 0.172. The van der Waals surface area contributed by atoms with E-state index in [1.165, 1.54) is 17.4 Å². The SMILES string of the molecule is C=CC(=O)Nc1ccc(CCC(=O)Nc2cccc(NCC#Cc3cc(O)c4nc(N)sc4c3)c2)cc1. The molecule has 1 aromatic heterocycles. The monoisotopic (exact) mass is 511 g/mol. The van der Waals surface area contributed by atoms with Gasteiger partial charge >= 0.3 is 0 Å². The molecule has 2 amide bonds. The van der Waals surface area contributed by atoms with E-state index in [4.69, 9.17) is 5.73 Å². The van der Waals surface area contributed by atoms with Gasteiger partial charge in [-0.05, 0) is 60.5 Å². The fourth-order valence-electron chi connectivity index (χ4n) is 3.53. The zero-order chi connectivity index (χ0) is 26.2. The van der Waals surface area contributed by atoms with Crippen molar-refractivity contribution in [2.75, 3.05) is 28.2 Å². The summed E-state index contributed by atoms with van der Waals surface area (Å²) in [5, 5.41) is 19.3. The summed E-state index contributed by atoms with van der Waals surface area (Å²) in [6, 6.07) is 18.2. The van der Waals surface area contributed by atoms with Crippen LogP contribution in [0.4, 0.5) is 22.2 Å². The lowest BCUT2D eigenvalue weighted by Crippen LogP contribution is -2.12. The molecule has 0 unspecified atom stereocenters. The van der Waals surface area contributed by atoms with Crippen LogP contribution < -0.4 is 21.7 Å². The molecule has 0 atom stereocenters. The highest BCUT2D eigenvalue weighted by atomic mass is 32.1. The minimum atomic E-state index is -0.268. The molecule has 0 saturated carbocycles. The second kappa shape index (κ2) is 11.7. The summed E-state index contributed by atoms with van der Waals surface area (Å²) < 4.78 is 0.784. The van der Waals surface area contributed by atoms with Gasteiger partial charge in [-0.2, -0.15) is 0 Å². The average molecular weight is 512 g/mol. The Kier molecular flexibility index (Phi) is 8.03. The fourth-order valence-corrected chi connectivity index (χ4v) is 4.32. The summed E-state index contributed by atoms with van der Waals surface area (Å²) in [5.74, 6) is 5.74. The number of nitrogens with zero attached hydrogens (tertiary/aromatic N) is 1. The van der Waals surface area contributed by atoms with Gasteiger partial charge in [-0.1, -0.05) is 48.0 Å². The van der Waals surface area contributed by atoms with Gasteiger partial charge in [-0.25, -0.2) is 4.98 Å². The Bertz CT molecular complexity index is 1520. The molecule has 0 saturated heterocycles. The molecule has 37 heavy (non-hydrogen) atoms. The van der Waals surface area contributed by atoms with Crippen LogP contribution in [0, 0.1) is 11.8 Å². The second-order valence-corrected chi connectivity index (χ2v) is 9.13. The van der Waals surface area contributed by atoms with Gasteiger partial charge in [0.2, 0.25) is 11.8 Å². The summed E-state index contributed by atoms with van der Waals surface area (Å²) in [6.07, 6.45) is 2.11. The maximum atomic E-state index is 12.4. The van der Waals surface area contributed by atoms with Gasteiger partial charge < -0.3 is 26.8 Å². The number of aromatic hydroxyl groups is 1. The number of rotatable bonds is 8. The summed E-state index contributed by atoms with van der Waals surface area (Å²) >= 11 is 1.30. The van der Waals surface area contributed by atoms with Crippen molar-refractivity contribution < 1.29 is 14.7 Å². The minimum absolute atomic E-state index is 0.0557. The van der Waals surface area contributed by atoms with Crippen LogP contribution in [0.15, 0.2) is 73.3 Å². The number of thiazole rings is 1. The van der Waals surface area contributed by atoms with Gasteiger partial charge in [0.05, 0.1) is 11.2 Å². The maximum absolute atomic E-state index is 12.4. The van der Waals surface area contributed by atoms with Crippen LogP contribution in [0.25, 0.3) is 10.2 Å². The number of hydrogen-bond donors (Lipinski definition) is 5. The normalized spacial score (nSPS) is 10.3. The highest BCUT2D eigenvalue weighted by molar-refractivity contribution is 7.22. The number of benzene rings is 3. The van der Waals surface area contributed by atoms with Crippen molar-refractivity contribution in [1.82, 2.24) is 4.98 Å². The van der Waals surface area contributed by atoms with Crippen LogP contribution in [0.3, 0.4) is 0 Å². The Morgan fingerprint density at radius 1 is 1.05 bits per heavy atom. The highest BCUT2D eigenvalue weighted by Crippen LogP contribution is 2.31. The molecule has 4 rings (SSSR count). The van der Waals surface area contributed by atoms with E-state index in [-0.39, 0.29) is 17.6 Å². The molecular weight excluding hydrogens is 486 g/mol. The van der Waals surface area contributed by atoms with E-state index in [0.717, 1.165) is 16.0 Å². The standard InChI is InChI=1S/C28H25N5O3S/c1-2-25(35)31-20-11-8-18(9-12-20)10-13-26(36)32-22-7-3-6-21(17-22)30-14-4-5-19-15-23(34)27-24(16-19)37-28(29)33-27/h2-3,6-9,11-12,15-17,30,34H,1,10,13-14H2,(H2,29,33)(H,31,35)(H,32,36). The smallest absolute Gasteiger partial charge is 0.247 e. The van der Waals surface area contributed by atoms with E-state index in [9.17, 15) is 14.7 Å². The summed E-state index contributed by atoms with van der Waals surface area (Å²) in [6.45, 7) is 3.81. The Morgan fingerprint density at radius 2 is 1.84 bits per heavy atom. The molecule has 0 aliphatic carbocycles. The van der Waals surface area contributed by atoms with E-state index < -0.39 is 0 Å². The number of aromatic nitrogens is 1. The predicted molar refractivity (Wildman–Crippen MR) is 150 cm³/mol. The van der Waals surface area contributed by atoms with Crippen molar-refractivity contribution in [1.29, 1.82) is 0 Å². The second-order valence-electron chi connectivity index (χ2n) is 8.07. The number of nitrogens with one attached hydrogen (secondary N) is 3. The van der Waals surface area contributed by atoms with Crippen LogP contribution in [-0.4, -0.2) is 28.4 Å². The lowest BCUT2D eigenvalue weighted by Gasteiger charge is -2.09. The minimum Gasteiger partial charge on any atom is -0.506 e. The Morgan fingerprint density at radius 3 is 2.62 bits per heavy atom. The van der Waals surface area contributed by atoms with E-state index in [1.54, 1.807) is 18.2 Å². The molecule has 6 N–H and O–H groups in total. The lowest BCUT2D eigenvalue weighted by molar-refractivity contribution is -0.116. The molecule has 186 valence electrons. The van der Waals surface area contributed by atoms with Crippen LogP contribution in [-0.2, 0) is 16.0 Å². The molecule has 8 nitrogen and oxygen atoms in total. The Balaban J connectivity index is 1.26. The zero-order valence-electron chi connectivity index (χ0n) is 19.9. The molecule has 3 aromatic carbocycles.